The molecule has 0 aromatic heterocycles. The van der Waals surface area contributed by atoms with Crippen LogP contribution in [0.1, 0.15) is 30.0 Å². The van der Waals surface area contributed by atoms with E-state index in [0.29, 0.717) is 0 Å². The zero-order valence-electron chi connectivity index (χ0n) is 10.1. The van der Waals surface area contributed by atoms with Gasteiger partial charge in [0.05, 0.1) is 0 Å². The molecular formula is C15H21N. The molecule has 0 amide bonds. The molecule has 0 radical (unpaired) electrons. The van der Waals surface area contributed by atoms with Crippen molar-refractivity contribution in [1.82, 2.24) is 5.32 Å². The third-order valence-electron chi connectivity index (χ3n) is 4.09. The summed E-state index contributed by atoms with van der Waals surface area (Å²) in [5, 5.41) is 3.45. The molecule has 1 saturated heterocycles. The van der Waals surface area contributed by atoms with E-state index in [4.69, 9.17) is 0 Å². The lowest BCUT2D eigenvalue weighted by Gasteiger charge is -2.09. The second-order valence-corrected chi connectivity index (χ2v) is 5.68. The molecular weight excluding hydrogens is 194 g/mol. The third kappa shape index (κ3) is 2.01. The fourth-order valence-electron chi connectivity index (χ4n) is 3.24. The Bertz CT molecular complexity index is 377. The lowest BCUT2D eigenvalue weighted by Crippen LogP contribution is -2.10. The lowest BCUT2D eigenvalue weighted by atomic mass is 9.96. The topological polar surface area (TPSA) is 12.0 Å². The standard InChI is InChI=1S/C15H21N/c1-11-6-14-3-2-12(9-15(14)7-11)8-13-4-5-16-10-13/h2-3,9,11,13,16H,4-8,10H2,1H3. The van der Waals surface area contributed by atoms with Gasteiger partial charge in [-0.25, -0.2) is 0 Å². The maximum atomic E-state index is 3.45. The van der Waals surface area contributed by atoms with Crippen molar-refractivity contribution < 1.29 is 0 Å². The molecule has 1 aliphatic heterocycles. The van der Waals surface area contributed by atoms with Crippen molar-refractivity contribution in [2.45, 2.75) is 32.6 Å². The summed E-state index contributed by atoms with van der Waals surface area (Å²) in [6.07, 6.45) is 5.22. The van der Waals surface area contributed by atoms with E-state index in [-0.39, 0.29) is 0 Å². The van der Waals surface area contributed by atoms with Gasteiger partial charge in [-0.3, -0.25) is 0 Å². The van der Waals surface area contributed by atoms with Crippen molar-refractivity contribution in [2.75, 3.05) is 13.1 Å². The van der Waals surface area contributed by atoms with Crippen molar-refractivity contribution in [2.24, 2.45) is 11.8 Å². The summed E-state index contributed by atoms with van der Waals surface area (Å²) in [7, 11) is 0. The first-order valence-corrected chi connectivity index (χ1v) is 6.62. The number of hydrogen-bond acceptors (Lipinski definition) is 1. The molecule has 1 fully saturated rings. The van der Waals surface area contributed by atoms with E-state index in [9.17, 15) is 0 Å². The Morgan fingerprint density at radius 2 is 2.12 bits per heavy atom. The highest BCUT2D eigenvalue weighted by Gasteiger charge is 2.19. The summed E-state index contributed by atoms with van der Waals surface area (Å²) in [5.74, 6) is 1.73. The number of fused-ring (bicyclic) bond motifs is 1. The smallest absolute Gasteiger partial charge is 0.00169 e. The molecule has 1 heteroatoms. The van der Waals surface area contributed by atoms with Crippen molar-refractivity contribution in [3.8, 4) is 0 Å². The number of nitrogens with one attached hydrogen (secondary N) is 1. The average molecular weight is 215 g/mol. The fourth-order valence-corrected chi connectivity index (χ4v) is 3.24. The van der Waals surface area contributed by atoms with Crippen molar-refractivity contribution in [3.63, 3.8) is 0 Å². The van der Waals surface area contributed by atoms with E-state index in [2.05, 4.69) is 30.4 Å². The van der Waals surface area contributed by atoms with Gasteiger partial charge in [0.2, 0.25) is 0 Å². The summed E-state index contributed by atoms with van der Waals surface area (Å²) in [6.45, 7) is 4.79. The largest absolute Gasteiger partial charge is 0.316 e. The molecule has 3 rings (SSSR count). The Hall–Kier alpha value is -0.820. The molecule has 0 spiro atoms. The molecule has 2 atom stereocenters. The molecule has 16 heavy (non-hydrogen) atoms. The van der Waals surface area contributed by atoms with Crippen molar-refractivity contribution >= 4 is 0 Å². The summed E-state index contributed by atoms with van der Waals surface area (Å²) in [5.41, 5.74) is 4.78. The SMILES string of the molecule is CC1Cc2ccc(CC3CCNC3)cc2C1. The predicted octanol–water partition coefficient (Wildman–Crippen LogP) is 2.57. The predicted molar refractivity (Wildman–Crippen MR) is 67.7 cm³/mol. The van der Waals surface area contributed by atoms with E-state index in [1.54, 1.807) is 16.7 Å². The Balaban J connectivity index is 1.74. The minimum atomic E-state index is 0.860. The van der Waals surface area contributed by atoms with Crippen LogP contribution >= 0.6 is 0 Å². The van der Waals surface area contributed by atoms with E-state index in [1.165, 1.54) is 38.8 Å². The minimum Gasteiger partial charge on any atom is -0.316 e. The number of rotatable bonds is 2. The summed E-state index contributed by atoms with van der Waals surface area (Å²) in [4.78, 5) is 0. The quantitative estimate of drug-likeness (QED) is 0.799. The van der Waals surface area contributed by atoms with Gasteiger partial charge in [0.1, 0.15) is 0 Å². The molecule has 1 aromatic rings. The highest BCUT2D eigenvalue weighted by atomic mass is 14.9. The Labute approximate surface area is 98.3 Å². The van der Waals surface area contributed by atoms with Crippen LogP contribution in [-0.2, 0) is 19.3 Å². The van der Waals surface area contributed by atoms with Crippen molar-refractivity contribution in [1.29, 1.82) is 0 Å². The molecule has 1 nitrogen and oxygen atoms in total. The van der Waals surface area contributed by atoms with Gasteiger partial charge in [0.25, 0.3) is 0 Å². The van der Waals surface area contributed by atoms with Crippen LogP contribution in [0.3, 0.4) is 0 Å². The van der Waals surface area contributed by atoms with Gasteiger partial charge >= 0.3 is 0 Å². The maximum absolute atomic E-state index is 3.45. The summed E-state index contributed by atoms with van der Waals surface area (Å²) >= 11 is 0. The normalized spacial score (nSPS) is 28.3. The van der Waals surface area contributed by atoms with E-state index >= 15 is 0 Å². The summed E-state index contributed by atoms with van der Waals surface area (Å²) in [6, 6.07) is 7.20. The molecule has 2 unspecified atom stereocenters. The Morgan fingerprint density at radius 3 is 2.94 bits per heavy atom. The van der Waals surface area contributed by atoms with Gasteiger partial charge in [-0.15, -0.1) is 0 Å². The van der Waals surface area contributed by atoms with Crippen LogP contribution in [0.15, 0.2) is 18.2 Å². The van der Waals surface area contributed by atoms with E-state index < -0.39 is 0 Å². The molecule has 1 N–H and O–H groups in total. The zero-order valence-corrected chi connectivity index (χ0v) is 10.1. The second kappa shape index (κ2) is 4.21. The first kappa shape index (κ1) is 10.3. The second-order valence-electron chi connectivity index (χ2n) is 5.68. The monoisotopic (exact) mass is 215 g/mol. The molecule has 0 saturated carbocycles. The van der Waals surface area contributed by atoms with Gasteiger partial charge in [-0.1, -0.05) is 25.1 Å². The zero-order chi connectivity index (χ0) is 11.0. The highest BCUT2D eigenvalue weighted by molar-refractivity contribution is 5.36. The first-order valence-electron chi connectivity index (χ1n) is 6.62. The van der Waals surface area contributed by atoms with Gasteiger partial charge in [-0.05, 0) is 67.3 Å². The Morgan fingerprint density at radius 1 is 1.25 bits per heavy atom. The van der Waals surface area contributed by atoms with Gasteiger partial charge in [0.15, 0.2) is 0 Å². The fraction of sp³-hybridized carbons (Fsp3) is 0.600. The average Bonchev–Trinajstić information content (AvgIpc) is 2.85. The van der Waals surface area contributed by atoms with Crippen LogP contribution in [0.5, 0.6) is 0 Å². The first-order chi connectivity index (χ1) is 7.81. The van der Waals surface area contributed by atoms with E-state index in [0.717, 1.165) is 11.8 Å². The highest BCUT2D eigenvalue weighted by Crippen LogP contribution is 2.28. The summed E-state index contributed by atoms with van der Waals surface area (Å²) < 4.78 is 0. The molecule has 2 aliphatic rings. The molecule has 0 bridgehead atoms. The van der Waals surface area contributed by atoms with Gasteiger partial charge in [0, 0.05) is 0 Å². The molecule has 1 aromatic carbocycles. The van der Waals surface area contributed by atoms with E-state index in [1.807, 2.05) is 0 Å². The van der Waals surface area contributed by atoms with Crippen LogP contribution in [0.2, 0.25) is 0 Å². The van der Waals surface area contributed by atoms with Crippen LogP contribution in [-0.4, -0.2) is 13.1 Å². The van der Waals surface area contributed by atoms with Crippen LogP contribution < -0.4 is 5.32 Å². The lowest BCUT2D eigenvalue weighted by molar-refractivity contribution is 0.580. The third-order valence-corrected chi connectivity index (χ3v) is 4.09. The van der Waals surface area contributed by atoms with Crippen molar-refractivity contribution in [3.05, 3.63) is 34.9 Å². The van der Waals surface area contributed by atoms with Crippen LogP contribution in [0.4, 0.5) is 0 Å². The number of benzene rings is 1. The van der Waals surface area contributed by atoms with Gasteiger partial charge in [-0.2, -0.15) is 0 Å². The van der Waals surface area contributed by atoms with Crippen LogP contribution in [0.25, 0.3) is 0 Å². The minimum absolute atomic E-state index is 0.860. The molecule has 86 valence electrons. The molecule has 1 heterocycles. The maximum Gasteiger partial charge on any atom is -0.00169 e. The Kier molecular flexibility index (Phi) is 2.72. The van der Waals surface area contributed by atoms with Crippen LogP contribution in [0, 0.1) is 11.8 Å². The number of hydrogen-bond donors (Lipinski definition) is 1. The van der Waals surface area contributed by atoms with Gasteiger partial charge < -0.3 is 5.32 Å². The molecule has 1 aliphatic carbocycles.